The Hall–Kier alpha value is -1.14. The third-order valence-corrected chi connectivity index (χ3v) is 4.74. The predicted molar refractivity (Wildman–Crippen MR) is 72.8 cm³/mol. The van der Waals surface area contributed by atoms with Crippen molar-refractivity contribution in [2.24, 2.45) is 21.7 Å². The van der Waals surface area contributed by atoms with Crippen molar-refractivity contribution < 1.29 is 60.6 Å². The molecule has 5 nitrogen and oxygen atoms in total. The molecule has 0 amide bonds. The van der Waals surface area contributed by atoms with E-state index in [0.29, 0.717) is 0 Å². The molecule has 0 aliphatic carbocycles. The van der Waals surface area contributed by atoms with E-state index in [1.807, 2.05) is 0 Å². The van der Waals surface area contributed by atoms with Gasteiger partial charge in [0, 0.05) is 0 Å². The van der Waals surface area contributed by atoms with Crippen molar-refractivity contribution in [3.8, 4) is 0 Å². The summed E-state index contributed by atoms with van der Waals surface area (Å²) in [4.78, 5) is 26.3. The van der Waals surface area contributed by atoms with E-state index in [1.54, 1.807) is 0 Å². The fourth-order valence-corrected chi connectivity index (χ4v) is 3.57. The molecular formula is C14H17F5LiNO4. The Kier molecular flexibility index (Phi) is 7.27. The van der Waals surface area contributed by atoms with Crippen LogP contribution in [-0.2, 0) is 9.59 Å². The minimum Gasteiger partial charge on any atom is -0.481 e. The van der Waals surface area contributed by atoms with Gasteiger partial charge in [0.15, 0.2) is 6.04 Å². The second kappa shape index (κ2) is 7.62. The molecule has 0 fully saturated rings. The van der Waals surface area contributed by atoms with Gasteiger partial charge in [-0.25, -0.2) is 8.78 Å². The third-order valence-electron chi connectivity index (χ3n) is 4.74. The summed E-state index contributed by atoms with van der Waals surface area (Å²) in [5.74, 6) is -5.62. The summed E-state index contributed by atoms with van der Waals surface area (Å²) in [6.45, 7) is 3.07. The predicted octanol–water partition coefficient (Wildman–Crippen LogP) is 0.0533. The molecule has 1 aliphatic heterocycles. The normalized spacial score (nSPS) is 32.8. The van der Waals surface area contributed by atoms with E-state index in [4.69, 9.17) is 0 Å². The third kappa shape index (κ3) is 3.43. The van der Waals surface area contributed by atoms with Gasteiger partial charge < -0.3 is 16.6 Å². The Bertz CT molecular complexity index is 568. The van der Waals surface area contributed by atoms with E-state index in [1.165, 1.54) is 0 Å². The molecule has 0 saturated heterocycles. The van der Waals surface area contributed by atoms with Crippen LogP contribution in [0.3, 0.4) is 0 Å². The molecule has 0 aromatic heterocycles. The number of rotatable bonds is 5. The van der Waals surface area contributed by atoms with E-state index in [9.17, 15) is 41.8 Å². The first-order valence-electron chi connectivity index (χ1n) is 7.01. The molecule has 0 bridgehead atoms. The average Bonchev–Trinajstić information content (AvgIpc) is 2.43. The Morgan fingerprint density at radius 3 is 2.00 bits per heavy atom. The van der Waals surface area contributed by atoms with Gasteiger partial charge in [0.25, 0.3) is 6.43 Å². The molecule has 1 aliphatic rings. The number of hydrogen-bond acceptors (Lipinski definition) is 3. The molecule has 11 heteroatoms. The largest absolute Gasteiger partial charge is 1.00 e. The minimum atomic E-state index is -5.23. The number of carboxylic acids is 2. The first-order chi connectivity index (χ1) is 10.8. The molecule has 2 N–H and O–H groups in total. The van der Waals surface area contributed by atoms with Crippen molar-refractivity contribution in [2.75, 3.05) is 0 Å². The summed E-state index contributed by atoms with van der Waals surface area (Å²) in [6.07, 6.45) is -8.50. The quantitative estimate of drug-likeness (QED) is 0.410. The SMILES string of the molecule is C[CH-]C1C(C)(C(=O)O)C(C(F)F)=NC(C(F)(F)F)C1(CC)C(=O)O.[Li+]. The van der Waals surface area contributed by atoms with Crippen LogP contribution in [0.4, 0.5) is 22.0 Å². The Morgan fingerprint density at radius 1 is 1.28 bits per heavy atom. The van der Waals surface area contributed by atoms with E-state index in [0.717, 1.165) is 27.2 Å². The summed E-state index contributed by atoms with van der Waals surface area (Å²) < 4.78 is 66.8. The van der Waals surface area contributed by atoms with Crippen LogP contribution in [0, 0.1) is 23.2 Å². The van der Waals surface area contributed by atoms with Crippen molar-refractivity contribution >= 4 is 17.7 Å². The standard InChI is InChI=1S/C14H17F5NO4.Li/c1-4-6-12(3,10(21)22)7(8(15)16)20-9(14(17,18)19)13(6,5-2)11(23)24;/h4,6,8-9H,5H2,1-3H3,(H,21,22)(H,23,24);/q-1;+1. The maximum atomic E-state index is 13.4. The van der Waals surface area contributed by atoms with Crippen molar-refractivity contribution in [1.82, 2.24) is 0 Å². The summed E-state index contributed by atoms with van der Waals surface area (Å²) >= 11 is 0. The van der Waals surface area contributed by atoms with Crippen molar-refractivity contribution in [1.29, 1.82) is 0 Å². The van der Waals surface area contributed by atoms with Gasteiger partial charge in [-0.3, -0.25) is 14.6 Å². The van der Waals surface area contributed by atoms with Gasteiger partial charge in [-0.15, -0.1) is 5.92 Å². The van der Waals surface area contributed by atoms with Crippen LogP contribution in [0.2, 0.25) is 0 Å². The number of carbonyl (C=O) groups is 2. The van der Waals surface area contributed by atoms with Crippen molar-refractivity contribution in [3.05, 3.63) is 6.42 Å². The van der Waals surface area contributed by atoms with Crippen LogP contribution in [0.15, 0.2) is 4.99 Å². The maximum Gasteiger partial charge on any atom is 1.00 e. The zero-order valence-corrected chi connectivity index (χ0v) is 14.1. The molecule has 0 aromatic rings. The molecule has 0 saturated carbocycles. The Labute approximate surface area is 152 Å². The van der Waals surface area contributed by atoms with Crippen molar-refractivity contribution in [2.45, 2.75) is 45.8 Å². The zero-order chi connectivity index (χ0) is 19.1. The van der Waals surface area contributed by atoms with Crippen molar-refractivity contribution in [3.63, 3.8) is 0 Å². The van der Waals surface area contributed by atoms with Crippen LogP contribution in [-0.4, -0.2) is 46.5 Å². The van der Waals surface area contributed by atoms with Gasteiger partial charge in [-0.05, 0) is 13.3 Å². The van der Waals surface area contributed by atoms with E-state index < -0.39 is 59.5 Å². The average molecular weight is 365 g/mol. The van der Waals surface area contributed by atoms with Crippen LogP contribution < -0.4 is 18.9 Å². The molecule has 0 aromatic carbocycles. The Morgan fingerprint density at radius 2 is 1.76 bits per heavy atom. The first kappa shape index (κ1) is 23.9. The number of halogens is 5. The Balaban J connectivity index is 0.00000576. The number of nitrogens with zero attached hydrogens (tertiary/aromatic N) is 1. The fourth-order valence-electron chi connectivity index (χ4n) is 3.57. The van der Waals surface area contributed by atoms with Crippen LogP contribution >= 0.6 is 0 Å². The monoisotopic (exact) mass is 365 g/mol. The van der Waals surface area contributed by atoms with Gasteiger partial charge in [0.05, 0.1) is 16.5 Å². The van der Waals surface area contributed by atoms with Crippen LogP contribution in [0.1, 0.15) is 27.2 Å². The van der Waals surface area contributed by atoms with Gasteiger partial charge in [0.2, 0.25) is 0 Å². The smallest absolute Gasteiger partial charge is 0.481 e. The number of aliphatic imine (C=N–C) groups is 1. The fraction of sp³-hybridized carbons (Fsp3) is 0.714. The van der Waals surface area contributed by atoms with Crippen LogP contribution in [0.25, 0.3) is 0 Å². The minimum absolute atomic E-state index is 0. The molecule has 138 valence electrons. The van der Waals surface area contributed by atoms with E-state index in [2.05, 4.69) is 4.99 Å². The van der Waals surface area contributed by atoms with Gasteiger partial charge >= 0.3 is 37.0 Å². The maximum absolute atomic E-state index is 13.4. The summed E-state index contributed by atoms with van der Waals surface area (Å²) in [5.41, 5.74) is -6.73. The molecule has 0 spiro atoms. The van der Waals surface area contributed by atoms with E-state index >= 15 is 0 Å². The number of hydrogen-bond donors (Lipinski definition) is 2. The number of aliphatic carboxylic acids is 2. The first-order valence-corrected chi connectivity index (χ1v) is 7.01. The second-order valence-electron chi connectivity index (χ2n) is 5.78. The molecule has 4 atom stereocenters. The summed E-state index contributed by atoms with van der Waals surface area (Å²) in [5, 5.41) is 18.9. The molecule has 1 rings (SSSR count). The molecular weight excluding hydrogens is 348 g/mol. The van der Waals surface area contributed by atoms with Gasteiger partial charge in [-0.2, -0.15) is 20.1 Å². The molecule has 25 heavy (non-hydrogen) atoms. The number of alkyl halides is 5. The topological polar surface area (TPSA) is 87.0 Å². The summed E-state index contributed by atoms with van der Waals surface area (Å²) in [6, 6.07) is -2.97. The molecule has 0 radical (unpaired) electrons. The zero-order valence-electron chi connectivity index (χ0n) is 14.1. The van der Waals surface area contributed by atoms with Gasteiger partial charge in [0.1, 0.15) is 0 Å². The van der Waals surface area contributed by atoms with Gasteiger partial charge in [-0.1, -0.05) is 6.92 Å². The van der Waals surface area contributed by atoms with E-state index in [-0.39, 0.29) is 18.9 Å². The van der Waals surface area contributed by atoms with Crippen LogP contribution in [0.5, 0.6) is 0 Å². The number of carboxylic acid groups (broad SMARTS) is 2. The summed E-state index contributed by atoms with van der Waals surface area (Å²) in [7, 11) is 0. The molecule has 4 unspecified atom stereocenters. The molecule has 1 heterocycles. The second-order valence-corrected chi connectivity index (χ2v) is 5.78.